The molecule has 0 heterocycles. The Bertz CT molecular complexity index is 325. The van der Waals surface area contributed by atoms with Gasteiger partial charge in [0, 0.05) is 0 Å². The summed E-state index contributed by atoms with van der Waals surface area (Å²) in [7, 11) is 1.63. The summed E-state index contributed by atoms with van der Waals surface area (Å²) in [5.74, 6) is 1.06. The van der Waals surface area contributed by atoms with E-state index in [4.69, 9.17) is 4.74 Å². The zero-order valence-corrected chi connectivity index (χ0v) is 10.9. The monoisotopic (exact) mass is 272 g/mol. The van der Waals surface area contributed by atoms with Crippen LogP contribution >= 0.6 is 15.9 Å². The molecule has 0 aliphatic carbocycles. The Kier molecular flexibility index (Phi) is 4.61. The van der Waals surface area contributed by atoms with Crippen LogP contribution in [0.1, 0.15) is 31.9 Å². The Morgan fingerprint density at radius 3 is 2.60 bits per heavy atom. The summed E-state index contributed by atoms with van der Waals surface area (Å²) in [5.41, 5.74) is 0.928. The highest BCUT2D eigenvalue weighted by Gasteiger charge is 2.15. The lowest BCUT2D eigenvalue weighted by Crippen LogP contribution is -2.08. The Morgan fingerprint density at radius 2 is 2.13 bits per heavy atom. The van der Waals surface area contributed by atoms with Gasteiger partial charge in [0.1, 0.15) is 5.75 Å². The quantitative estimate of drug-likeness (QED) is 0.909. The van der Waals surface area contributed by atoms with E-state index in [1.807, 2.05) is 25.1 Å². The van der Waals surface area contributed by atoms with Gasteiger partial charge in [-0.1, -0.05) is 26.3 Å². The van der Waals surface area contributed by atoms with Crippen LogP contribution in [0.2, 0.25) is 0 Å². The van der Waals surface area contributed by atoms with Crippen LogP contribution in [-0.4, -0.2) is 12.2 Å². The van der Waals surface area contributed by atoms with Gasteiger partial charge in [-0.15, -0.1) is 0 Å². The van der Waals surface area contributed by atoms with Crippen molar-refractivity contribution in [3.8, 4) is 5.75 Å². The average Bonchev–Trinajstić information content (AvgIpc) is 2.26. The van der Waals surface area contributed by atoms with Gasteiger partial charge >= 0.3 is 0 Å². The highest BCUT2D eigenvalue weighted by atomic mass is 79.9. The van der Waals surface area contributed by atoms with Crippen molar-refractivity contribution in [2.24, 2.45) is 5.92 Å². The molecule has 1 aromatic rings. The highest BCUT2D eigenvalue weighted by molar-refractivity contribution is 9.10. The number of benzene rings is 1. The lowest BCUT2D eigenvalue weighted by Gasteiger charge is -2.18. The molecule has 0 aromatic heterocycles. The fourth-order valence-corrected chi connectivity index (χ4v) is 1.98. The maximum absolute atomic E-state index is 10.0. The first-order chi connectivity index (χ1) is 7.10. The molecule has 0 saturated carbocycles. The molecule has 0 saturated heterocycles. The molecular formula is C12H17BrO2. The van der Waals surface area contributed by atoms with Gasteiger partial charge in [0.2, 0.25) is 0 Å². The van der Waals surface area contributed by atoms with Gasteiger partial charge in [-0.3, -0.25) is 0 Å². The minimum Gasteiger partial charge on any atom is -0.496 e. The predicted molar refractivity (Wildman–Crippen MR) is 65.1 cm³/mol. The maximum Gasteiger partial charge on any atom is 0.133 e. The van der Waals surface area contributed by atoms with Crippen molar-refractivity contribution in [2.45, 2.75) is 26.4 Å². The molecule has 1 aromatic carbocycles. The van der Waals surface area contributed by atoms with E-state index < -0.39 is 6.10 Å². The summed E-state index contributed by atoms with van der Waals surface area (Å²) in [6.45, 7) is 4.12. The zero-order chi connectivity index (χ0) is 11.4. The van der Waals surface area contributed by atoms with Gasteiger partial charge in [-0.2, -0.15) is 0 Å². The van der Waals surface area contributed by atoms with Crippen LogP contribution in [0.5, 0.6) is 5.75 Å². The Balaban J connectivity index is 2.92. The zero-order valence-electron chi connectivity index (χ0n) is 9.33. The molecule has 3 heteroatoms. The number of hydrogen-bond donors (Lipinski definition) is 1. The summed E-state index contributed by atoms with van der Waals surface area (Å²) in [5, 5.41) is 10.0. The predicted octanol–water partition coefficient (Wildman–Crippen LogP) is 3.54. The molecule has 1 N–H and O–H groups in total. The SMILES string of the molecule is CCC(C)C(O)c1ccc(OC)c(Br)c1. The summed E-state index contributed by atoms with van der Waals surface area (Å²) in [4.78, 5) is 0. The molecule has 2 atom stereocenters. The van der Waals surface area contributed by atoms with E-state index in [0.29, 0.717) is 0 Å². The molecule has 0 amide bonds. The fraction of sp³-hybridized carbons (Fsp3) is 0.500. The minimum absolute atomic E-state index is 0.269. The maximum atomic E-state index is 10.0. The summed E-state index contributed by atoms with van der Waals surface area (Å²) in [6, 6.07) is 5.68. The van der Waals surface area contributed by atoms with Crippen LogP contribution < -0.4 is 4.74 Å². The van der Waals surface area contributed by atoms with E-state index in [1.54, 1.807) is 7.11 Å². The number of ether oxygens (including phenoxy) is 1. The van der Waals surface area contributed by atoms with E-state index in [-0.39, 0.29) is 5.92 Å². The molecule has 1 rings (SSSR count). The van der Waals surface area contributed by atoms with Crippen molar-refractivity contribution >= 4 is 15.9 Å². The van der Waals surface area contributed by atoms with Crippen molar-refractivity contribution in [2.75, 3.05) is 7.11 Å². The molecule has 0 radical (unpaired) electrons. The summed E-state index contributed by atoms with van der Waals surface area (Å²) in [6.07, 6.45) is 0.558. The van der Waals surface area contributed by atoms with E-state index in [2.05, 4.69) is 22.9 Å². The second-order valence-corrected chi connectivity index (χ2v) is 4.58. The van der Waals surface area contributed by atoms with Crippen molar-refractivity contribution in [1.82, 2.24) is 0 Å². The number of methoxy groups -OCH3 is 1. The van der Waals surface area contributed by atoms with Crippen molar-refractivity contribution < 1.29 is 9.84 Å². The molecule has 84 valence electrons. The molecule has 2 unspecified atom stereocenters. The Hall–Kier alpha value is -0.540. The van der Waals surface area contributed by atoms with Gasteiger partial charge in [-0.25, -0.2) is 0 Å². The van der Waals surface area contributed by atoms with Gasteiger partial charge in [0.05, 0.1) is 17.7 Å². The Labute approximate surface area is 99.4 Å². The van der Waals surface area contributed by atoms with Crippen molar-refractivity contribution in [1.29, 1.82) is 0 Å². The van der Waals surface area contributed by atoms with Gasteiger partial charge in [0.25, 0.3) is 0 Å². The number of halogens is 1. The first kappa shape index (κ1) is 12.5. The third kappa shape index (κ3) is 2.95. The number of aliphatic hydroxyl groups is 1. The first-order valence-electron chi connectivity index (χ1n) is 5.11. The lowest BCUT2D eigenvalue weighted by atomic mass is 9.95. The molecule has 0 spiro atoms. The Morgan fingerprint density at radius 1 is 1.47 bits per heavy atom. The molecule has 0 bridgehead atoms. The van der Waals surface area contributed by atoms with Gasteiger partial charge in [-0.05, 0) is 39.5 Å². The third-order valence-corrected chi connectivity index (χ3v) is 3.32. The first-order valence-corrected chi connectivity index (χ1v) is 5.91. The van der Waals surface area contributed by atoms with Gasteiger partial charge in [0.15, 0.2) is 0 Å². The number of rotatable bonds is 4. The highest BCUT2D eigenvalue weighted by Crippen LogP contribution is 2.31. The summed E-state index contributed by atoms with van der Waals surface area (Å²) < 4.78 is 6.02. The van der Waals surface area contributed by atoms with E-state index in [9.17, 15) is 5.11 Å². The number of hydrogen-bond acceptors (Lipinski definition) is 2. The van der Waals surface area contributed by atoms with Crippen LogP contribution in [0, 0.1) is 5.92 Å². The molecule has 15 heavy (non-hydrogen) atoms. The van der Waals surface area contributed by atoms with E-state index >= 15 is 0 Å². The standard InChI is InChI=1S/C12H17BrO2/c1-4-8(2)12(14)9-5-6-11(15-3)10(13)7-9/h5-8,12,14H,4H2,1-3H3. The van der Waals surface area contributed by atoms with Crippen LogP contribution in [0.4, 0.5) is 0 Å². The normalized spacial score (nSPS) is 14.7. The average molecular weight is 273 g/mol. The fourth-order valence-electron chi connectivity index (χ4n) is 1.42. The lowest BCUT2D eigenvalue weighted by molar-refractivity contribution is 0.115. The molecule has 2 nitrogen and oxygen atoms in total. The van der Waals surface area contributed by atoms with Crippen molar-refractivity contribution in [3.05, 3.63) is 28.2 Å². The topological polar surface area (TPSA) is 29.5 Å². The third-order valence-electron chi connectivity index (χ3n) is 2.70. The molecule has 0 fully saturated rings. The van der Waals surface area contributed by atoms with E-state index in [0.717, 1.165) is 22.2 Å². The second kappa shape index (κ2) is 5.52. The molecular weight excluding hydrogens is 256 g/mol. The minimum atomic E-state index is -0.405. The largest absolute Gasteiger partial charge is 0.496 e. The van der Waals surface area contributed by atoms with Crippen LogP contribution in [0.25, 0.3) is 0 Å². The molecule has 0 aliphatic heterocycles. The van der Waals surface area contributed by atoms with Crippen LogP contribution in [0.3, 0.4) is 0 Å². The van der Waals surface area contributed by atoms with Crippen LogP contribution in [-0.2, 0) is 0 Å². The van der Waals surface area contributed by atoms with Gasteiger partial charge < -0.3 is 9.84 Å². The van der Waals surface area contributed by atoms with Crippen LogP contribution in [0.15, 0.2) is 22.7 Å². The number of aliphatic hydroxyl groups excluding tert-OH is 1. The molecule has 0 aliphatic rings. The smallest absolute Gasteiger partial charge is 0.133 e. The van der Waals surface area contributed by atoms with E-state index in [1.165, 1.54) is 0 Å². The summed E-state index contributed by atoms with van der Waals surface area (Å²) >= 11 is 3.41. The van der Waals surface area contributed by atoms with Crippen molar-refractivity contribution in [3.63, 3.8) is 0 Å². The second-order valence-electron chi connectivity index (χ2n) is 3.72.